The molecule has 2 atom stereocenters. The lowest BCUT2D eigenvalue weighted by atomic mass is 9.92. The highest BCUT2D eigenvalue weighted by molar-refractivity contribution is 4.92. The van der Waals surface area contributed by atoms with Crippen molar-refractivity contribution in [3.05, 3.63) is 12.2 Å². The molecule has 0 spiro atoms. The van der Waals surface area contributed by atoms with Gasteiger partial charge in [0.1, 0.15) is 12.2 Å². The molecule has 2 unspecified atom stereocenters. The van der Waals surface area contributed by atoms with Crippen molar-refractivity contribution in [2.45, 2.75) is 45.2 Å². The third kappa shape index (κ3) is 3.28. The summed E-state index contributed by atoms with van der Waals surface area (Å²) in [7, 11) is 0. The van der Waals surface area contributed by atoms with Gasteiger partial charge in [-0.3, -0.25) is 16.0 Å². The molecule has 2 heterocycles. The minimum absolute atomic E-state index is 0.213. The number of hydrogen-bond acceptors (Lipinski definition) is 5. The van der Waals surface area contributed by atoms with E-state index in [1.807, 2.05) is 4.68 Å². The first-order valence-corrected chi connectivity index (χ1v) is 6.75. The van der Waals surface area contributed by atoms with Crippen molar-refractivity contribution in [1.82, 2.24) is 20.2 Å². The predicted molar refractivity (Wildman–Crippen MR) is 68.7 cm³/mol. The molecular formula is C12H23N5O. The number of aromatic nitrogens is 3. The van der Waals surface area contributed by atoms with Crippen LogP contribution in [0.4, 0.5) is 0 Å². The van der Waals surface area contributed by atoms with Crippen LogP contribution in [0.25, 0.3) is 0 Å². The summed E-state index contributed by atoms with van der Waals surface area (Å²) in [6.07, 6.45) is 5.77. The zero-order valence-corrected chi connectivity index (χ0v) is 11.0. The van der Waals surface area contributed by atoms with Crippen LogP contribution in [0.3, 0.4) is 0 Å². The highest BCUT2D eigenvalue weighted by Gasteiger charge is 2.25. The van der Waals surface area contributed by atoms with Gasteiger partial charge in [0.25, 0.3) is 0 Å². The summed E-state index contributed by atoms with van der Waals surface area (Å²) in [5.74, 6) is 7.15. The molecule has 1 saturated heterocycles. The van der Waals surface area contributed by atoms with E-state index in [-0.39, 0.29) is 6.04 Å². The Balaban J connectivity index is 1.98. The Morgan fingerprint density at radius 3 is 3.22 bits per heavy atom. The first-order chi connectivity index (χ1) is 8.85. The summed E-state index contributed by atoms with van der Waals surface area (Å²) >= 11 is 0. The average Bonchev–Trinajstić information content (AvgIpc) is 2.85. The lowest BCUT2D eigenvalue weighted by Gasteiger charge is -2.29. The molecule has 102 valence electrons. The third-order valence-corrected chi connectivity index (χ3v) is 3.51. The number of nitrogens with one attached hydrogen (secondary N) is 1. The summed E-state index contributed by atoms with van der Waals surface area (Å²) < 4.78 is 7.49. The minimum Gasteiger partial charge on any atom is -0.381 e. The van der Waals surface area contributed by atoms with Crippen LogP contribution in [0.1, 0.15) is 32.0 Å². The van der Waals surface area contributed by atoms with Crippen LogP contribution in [0.5, 0.6) is 0 Å². The molecule has 1 aromatic heterocycles. The Kier molecular flexibility index (Phi) is 5.10. The average molecular weight is 253 g/mol. The summed E-state index contributed by atoms with van der Waals surface area (Å²) in [5.41, 5.74) is 2.92. The van der Waals surface area contributed by atoms with Crippen molar-refractivity contribution in [1.29, 1.82) is 0 Å². The molecular weight excluding hydrogens is 230 g/mol. The van der Waals surface area contributed by atoms with Crippen LogP contribution in [-0.2, 0) is 17.7 Å². The molecule has 0 radical (unpaired) electrons. The zero-order chi connectivity index (χ0) is 12.8. The first kappa shape index (κ1) is 13.5. The van der Waals surface area contributed by atoms with E-state index in [0.717, 1.165) is 51.3 Å². The summed E-state index contributed by atoms with van der Waals surface area (Å²) in [6, 6.07) is 0.213. The monoisotopic (exact) mass is 253 g/mol. The van der Waals surface area contributed by atoms with E-state index < -0.39 is 0 Å². The van der Waals surface area contributed by atoms with Crippen LogP contribution in [0.2, 0.25) is 0 Å². The van der Waals surface area contributed by atoms with Crippen molar-refractivity contribution in [2.75, 3.05) is 13.2 Å². The highest BCUT2D eigenvalue weighted by atomic mass is 16.5. The summed E-state index contributed by atoms with van der Waals surface area (Å²) in [6.45, 7) is 4.71. The van der Waals surface area contributed by atoms with E-state index in [9.17, 15) is 0 Å². The van der Waals surface area contributed by atoms with Crippen molar-refractivity contribution in [2.24, 2.45) is 11.8 Å². The number of nitrogens with zero attached hydrogens (tertiary/aromatic N) is 3. The molecule has 0 aliphatic carbocycles. The van der Waals surface area contributed by atoms with Crippen LogP contribution >= 0.6 is 0 Å². The number of ether oxygens (including phenoxy) is 1. The van der Waals surface area contributed by atoms with Crippen molar-refractivity contribution in [3.63, 3.8) is 0 Å². The van der Waals surface area contributed by atoms with E-state index in [2.05, 4.69) is 22.4 Å². The molecule has 0 saturated carbocycles. The number of hydrazine groups is 1. The van der Waals surface area contributed by atoms with Gasteiger partial charge in [0, 0.05) is 25.6 Å². The third-order valence-electron chi connectivity index (χ3n) is 3.51. The van der Waals surface area contributed by atoms with Gasteiger partial charge in [-0.05, 0) is 25.2 Å². The number of rotatable bonds is 6. The maximum Gasteiger partial charge on any atom is 0.138 e. The molecule has 1 aliphatic heterocycles. The predicted octanol–water partition coefficient (Wildman–Crippen LogP) is 0.489. The van der Waals surface area contributed by atoms with Gasteiger partial charge in [0.2, 0.25) is 0 Å². The van der Waals surface area contributed by atoms with Crippen LogP contribution in [0.15, 0.2) is 6.33 Å². The normalized spacial score (nSPS) is 22.0. The van der Waals surface area contributed by atoms with Gasteiger partial charge >= 0.3 is 0 Å². The molecule has 1 aromatic rings. The maximum absolute atomic E-state index is 5.68. The highest BCUT2D eigenvalue weighted by Crippen LogP contribution is 2.19. The van der Waals surface area contributed by atoms with Crippen molar-refractivity contribution >= 4 is 0 Å². The summed E-state index contributed by atoms with van der Waals surface area (Å²) in [5, 5.41) is 4.24. The quantitative estimate of drug-likeness (QED) is 0.570. The molecule has 6 heteroatoms. The molecule has 0 amide bonds. The van der Waals surface area contributed by atoms with Crippen molar-refractivity contribution in [3.8, 4) is 0 Å². The zero-order valence-electron chi connectivity index (χ0n) is 11.0. The van der Waals surface area contributed by atoms with Gasteiger partial charge < -0.3 is 4.74 Å². The Bertz CT molecular complexity index is 348. The lowest BCUT2D eigenvalue weighted by molar-refractivity contribution is 0.0388. The smallest absolute Gasteiger partial charge is 0.138 e. The van der Waals surface area contributed by atoms with E-state index in [4.69, 9.17) is 10.6 Å². The Hall–Kier alpha value is -0.980. The van der Waals surface area contributed by atoms with E-state index >= 15 is 0 Å². The second-order valence-electron chi connectivity index (χ2n) is 4.85. The fourth-order valence-electron chi connectivity index (χ4n) is 2.49. The van der Waals surface area contributed by atoms with E-state index in [0.29, 0.717) is 5.92 Å². The minimum atomic E-state index is 0.213. The Labute approximate surface area is 108 Å². The lowest BCUT2D eigenvalue weighted by Crippen LogP contribution is -2.45. The fourth-order valence-corrected chi connectivity index (χ4v) is 2.49. The van der Waals surface area contributed by atoms with E-state index in [1.165, 1.54) is 0 Å². The molecule has 3 N–H and O–H groups in total. The second-order valence-corrected chi connectivity index (χ2v) is 4.85. The molecule has 0 aromatic carbocycles. The van der Waals surface area contributed by atoms with Crippen LogP contribution in [0, 0.1) is 5.92 Å². The first-order valence-electron chi connectivity index (χ1n) is 6.75. The number of nitrogens with two attached hydrogens (primary N) is 1. The van der Waals surface area contributed by atoms with Crippen LogP contribution in [-0.4, -0.2) is 34.0 Å². The van der Waals surface area contributed by atoms with Gasteiger partial charge in [-0.25, -0.2) is 4.98 Å². The number of hydrogen-bond donors (Lipinski definition) is 2. The standard InChI is InChI=1S/C12H23N5O/c1-2-5-17-12(14-9-15-17)7-11(16-13)10-4-3-6-18-8-10/h9-11,16H,2-8,13H2,1H3. The fraction of sp³-hybridized carbons (Fsp3) is 0.833. The van der Waals surface area contributed by atoms with Gasteiger partial charge in [0.15, 0.2) is 0 Å². The van der Waals surface area contributed by atoms with Crippen LogP contribution < -0.4 is 11.3 Å². The van der Waals surface area contributed by atoms with Gasteiger partial charge in [-0.1, -0.05) is 6.92 Å². The molecule has 1 fully saturated rings. The maximum atomic E-state index is 5.68. The Morgan fingerprint density at radius 2 is 2.56 bits per heavy atom. The number of aryl methyl sites for hydroxylation is 1. The SMILES string of the molecule is CCCn1ncnc1CC(NN)C1CCCOC1. The van der Waals surface area contributed by atoms with Gasteiger partial charge in [-0.2, -0.15) is 5.10 Å². The topological polar surface area (TPSA) is 78.0 Å². The molecule has 18 heavy (non-hydrogen) atoms. The largest absolute Gasteiger partial charge is 0.381 e. The second kappa shape index (κ2) is 6.82. The molecule has 1 aliphatic rings. The Morgan fingerprint density at radius 1 is 1.67 bits per heavy atom. The van der Waals surface area contributed by atoms with E-state index in [1.54, 1.807) is 6.33 Å². The van der Waals surface area contributed by atoms with Crippen molar-refractivity contribution < 1.29 is 4.74 Å². The molecule has 0 bridgehead atoms. The van der Waals surface area contributed by atoms with Gasteiger partial charge in [-0.15, -0.1) is 0 Å². The molecule has 2 rings (SSSR count). The summed E-state index contributed by atoms with van der Waals surface area (Å²) in [4.78, 5) is 4.33. The molecule has 6 nitrogen and oxygen atoms in total. The van der Waals surface area contributed by atoms with Gasteiger partial charge in [0.05, 0.1) is 6.61 Å².